The van der Waals surface area contributed by atoms with Crippen molar-refractivity contribution < 1.29 is 23.8 Å². The summed E-state index contributed by atoms with van der Waals surface area (Å²) in [6, 6.07) is 2.48. The van der Waals surface area contributed by atoms with Gasteiger partial charge >= 0.3 is 6.09 Å². The lowest BCUT2D eigenvalue weighted by molar-refractivity contribution is -0.114. The summed E-state index contributed by atoms with van der Waals surface area (Å²) in [6.07, 6.45) is -0.0368. The van der Waals surface area contributed by atoms with Crippen LogP contribution in [0.2, 0.25) is 0 Å². The molecule has 1 aliphatic rings. The molecule has 1 aromatic carbocycles. The van der Waals surface area contributed by atoms with Gasteiger partial charge in [-0.15, -0.1) is 0 Å². The molecule has 7 heteroatoms. The average molecular weight is 352 g/mol. The smallest absolute Gasteiger partial charge is 0.407 e. The van der Waals surface area contributed by atoms with Crippen molar-refractivity contribution >= 4 is 17.7 Å². The zero-order valence-electron chi connectivity index (χ0n) is 15.2. The molecule has 0 saturated heterocycles. The van der Waals surface area contributed by atoms with Crippen molar-refractivity contribution in [2.75, 3.05) is 5.32 Å². The van der Waals surface area contributed by atoms with E-state index in [4.69, 9.17) is 4.74 Å². The molecule has 2 amide bonds. The first-order valence-corrected chi connectivity index (χ1v) is 8.20. The van der Waals surface area contributed by atoms with E-state index in [1.165, 1.54) is 19.1 Å². The number of hydrogen-bond acceptors (Lipinski definition) is 4. The minimum atomic E-state index is -1.24. The van der Waals surface area contributed by atoms with Crippen LogP contribution in [0.15, 0.2) is 12.1 Å². The van der Waals surface area contributed by atoms with Gasteiger partial charge in [-0.3, -0.25) is 4.79 Å². The molecule has 0 atom stereocenters. The molecule has 0 unspecified atom stereocenters. The molecule has 2 rings (SSSR count). The van der Waals surface area contributed by atoms with Crippen LogP contribution in [-0.2, 0) is 15.1 Å². The lowest BCUT2D eigenvalue weighted by atomic mass is 9.70. The van der Waals surface area contributed by atoms with Crippen molar-refractivity contribution in [1.29, 1.82) is 0 Å². The SMILES string of the molecule is CC(=O)Nc1cc(F)c(C)cc1C1(O)CC(NC(=O)OC(C)(C)C)C1. The summed E-state index contributed by atoms with van der Waals surface area (Å²) < 4.78 is 19.0. The largest absolute Gasteiger partial charge is 0.444 e. The summed E-state index contributed by atoms with van der Waals surface area (Å²) >= 11 is 0. The highest BCUT2D eigenvalue weighted by atomic mass is 19.1. The van der Waals surface area contributed by atoms with Crippen LogP contribution in [0.4, 0.5) is 14.9 Å². The van der Waals surface area contributed by atoms with Gasteiger partial charge in [0.2, 0.25) is 5.91 Å². The molecule has 0 heterocycles. The second-order valence-corrected chi connectivity index (χ2v) is 7.61. The van der Waals surface area contributed by atoms with Crippen LogP contribution in [0.3, 0.4) is 0 Å². The van der Waals surface area contributed by atoms with Crippen molar-refractivity contribution in [3.05, 3.63) is 29.1 Å². The van der Waals surface area contributed by atoms with Crippen LogP contribution in [0.1, 0.15) is 51.7 Å². The molecule has 138 valence electrons. The van der Waals surface area contributed by atoms with Gasteiger partial charge in [0.25, 0.3) is 0 Å². The van der Waals surface area contributed by atoms with E-state index in [1.807, 2.05) is 0 Å². The first-order chi connectivity index (χ1) is 11.4. The molecule has 1 fully saturated rings. The second kappa shape index (κ2) is 6.63. The Morgan fingerprint density at radius 2 is 1.92 bits per heavy atom. The molecule has 3 N–H and O–H groups in total. The fraction of sp³-hybridized carbons (Fsp3) is 0.556. The number of hydrogen-bond donors (Lipinski definition) is 3. The van der Waals surface area contributed by atoms with Crippen LogP contribution in [0.25, 0.3) is 0 Å². The third kappa shape index (κ3) is 4.69. The number of carbonyl (C=O) groups excluding carboxylic acids is 2. The Kier molecular flexibility index (Phi) is 5.09. The number of amides is 2. The van der Waals surface area contributed by atoms with Crippen molar-refractivity contribution in [2.24, 2.45) is 0 Å². The van der Waals surface area contributed by atoms with Crippen LogP contribution in [0.5, 0.6) is 0 Å². The summed E-state index contributed by atoms with van der Waals surface area (Å²) in [5.74, 6) is -0.810. The van der Waals surface area contributed by atoms with E-state index in [0.29, 0.717) is 11.1 Å². The van der Waals surface area contributed by atoms with Crippen molar-refractivity contribution in [2.45, 2.75) is 64.7 Å². The number of alkyl carbamates (subject to hydrolysis) is 1. The van der Waals surface area contributed by atoms with Crippen LogP contribution < -0.4 is 10.6 Å². The Morgan fingerprint density at radius 1 is 1.32 bits per heavy atom. The fourth-order valence-corrected chi connectivity index (χ4v) is 2.91. The van der Waals surface area contributed by atoms with Gasteiger partial charge in [0, 0.05) is 37.1 Å². The maximum atomic E-state index is 13.8. The van der Waals surface area contributed by atoms with E-state index in [1.54, 1.807) is 27.7 Å². The Bertz CT molecular complexity index is 691. The van der Waals surface area contributed by atoms with E-state index in [0.717, 1.165) is 0 Å². The predicted molar refractivity (Wildman–Crippen MR) is 91.7 cm³/mol. The zero-order valence-corrected chi connectivity index (χ0v) is 15.2. The number of aryl methyl sites for hydroxylation is 1. The molecular weight excluding hydrogens is 327 g/mol. The first-order valence-electron chi connectivity index (χ1n) is 8.20. The van der Waals surface area contributed by atoms with Gasteiger partial charge in [0.15, 0.2) is 0 Å². The van der Waals surface area contributed by atoms with E-state index in [9.17, 15) is 19.1 Å². The normalized spacial score (nSPS) is 22.8. The van der Waals surface area contributed by atoms with Gasteiger partial charge in [-0.25, -0.2) is 9.18 Å². The predicted octanol–water partition coefficient (Wildman–Crippen LogP) is 2.97. The molecule has 1 aliphatic carbocycles. The highest BCUT2D eigenvalue weighted by Crippen LogP contribution is 2.45. The number of rotatable bonds is 3. The summed E-state index contributed by atoms with van der Waals surface area (Å²) in [7, 11) is 0. The molecule has 1 saturated carbocycles. The monoisotopic (exact) mass is 352 g/mol. The quantitative estimate of drug-likeness (QED) is 0.780. The topological polar surface area (TPSA) is 87.7 Å². The molecule has 0 bridgehead atoms. The highest BCUT2D eigenvalue weighted by Gasteiger charge is 2.46. The van der Waals surface area contributed by atoms with E-state index in [-0.39, 0.29) is 30.5 Å². The lowest BCUT2D eigenvalue weighted by Gasteiger charge is -2.45. The number of nitrogens with one attached hydrogen (secondary N) is 2. The Labute approximate surface area is 146 Å². The van der Waals surface area contributed by atoms with Crippen LogP contribution in [0, 0.1) is 12.7 Å². The average Bonchev–Trinajstić information content (AvgIpc) is 2.37. The number of aliphatic hydroxyl groups is 1. The molecule has 6 nitrogen and oxygen atoms in total. The fourth-order valence-electron chi connectivity index (χ4n) is 2.91. The third-order valence-corrected chi connectivity index (χ3v) is 4.00. The molecule has 0 spiro atoms. The summed E-state index contributed by atoms with van der Waals surface area (Å²) in [5, 5.41) is 16.1. The van der Waals surface area contributed by atoms with Crippen molar-refractivity contribution in [1.82, 2.24) is 5.32 Å². The minimum Gasteiger partial charge on any atom is -0.444 e. The standard InChI is InChI=1S/C18H25FN2O4/c1-10-6-13(15(7-14(10)19)20-11(2)22)18(24)8-12(9-18)21-16(23)25-17(3,4)5/h6-7,12,24H,8-9H2,1-5H3,(H,20,22)(H,21,23). The maximum absolute atomic E-state index is 13.8. The molecule has 0 aliphatic heterocycles. The molecular formula is C18H25FN2O4. The van der Waals surface area contributed by atoms with E-state index < -0.39 is 23.1 Å². The number of carbonyl (C=O) groups is 2. The summed E-state index contributed by atoms with van der Waals surface area (Å²) in [5.41, 5.74) is -0.772. The van der Waals surface area contributed by atoms with Gasteiger partial charge in [0.05, 0.1) is 5.60 Å². The zero-order chi connectivity index (χ0) is 19.0. The Morgan fingerprint density at radius 3 is 2.44 bits per heavy atom. The van der Waals surface area contributed by atoms with Crippen molar-refractivity contribution in [3.8, 4) is 0 Å². The third-order valence-electron chi connectivity index (χ3n) is 4.00. The number of ether oxygens (including phenoxy) is 1. The molecule has 0 radical (unpaired) electrons. The van der Waals surface area contributed by atoms with Gasteiger partial charge < -0.3 is 20.5 Å². The van der Waals surface area contributed by atoms with Gasteiger partial charge in [-0.2, -0.15) is 0 Å². The van der Waals surface area contributed by atoms with E-state index >= 15 is 0 Å². The Hall–Kier alpha value is -2.15. The minimum absolute atomic E-state index is 0.244. The van der Waals surface area contributed by atoms with Gasteiger partial charge in [-0.1, -0.05) is 0 Å². The molecule has 1 aromatic rings. The highest BCUT2D eigenvalue weighted by molar-refractivity contribution is 5.90. The number of anilines is 1. The van der Waals surface area contributed by atoms with E-state index in [2.05, 4.69) is 10.6 Å². The Balaban J connectivity index is 2.11. The first kappa shape index (κ1) is 19.2. The number of benzene rings is 1. The van der Waals surface area contributed by atoms with Gasteiger partial charge in [0.1, 0.15) is 11.4 Å². The maximum Gasteiger partial charge on any atom is 0.407 e. The van der Waals surface area contributed by atoms with Gasteiger partial charge in [-0.05, 0) is 45.4 Å². The lowest BCUT2D eigenvalue weighted by Crippen LogP contribution is -2.54. The second-order valence-electron chi connectivity index (χ2n) is 7.61. The summed E-state index contributed by atoms with van der Waals surface area (Å²) in [4.78, 5) is 23.1. The summed E-state index contributed by atoms with van der Waals surface area (Å²) in [6.45, 7) is 8.22. The van der Waals surface area contributed by atoms with Crippen LogP contribution in [-0.4, -0.2) is 28.7 Å². The molecule has 25 heavy (non-hydrogen) atoms. The van der Waals surface area contributed by atoms with Crippen LogP contribution >= 0.6 is 0 Å². The number of halogens is 1. The molecule has 0 aromatic heterocycles. The van der Waals surface area contributed by atoms with Crippen molar-refractivity contribution in [3.63, 3.8) is 0 Å².